The number of likely N-dealkylation sites (N-methyl/N-ethyl adjacent to an activating group) is 1. The largest absolute Gasteiger partial charge is 0.302 e. The first-order valence-electron chi connectivity index (χ1n) is 6.61. The number of benzene rings is 1. The third kappa shape index (κ3) is 3.97. The molecule has 0 spiro atoms. The molecule has 0 bridgehead atoms. The Hall–Kier alpha value is -0.520. The highest BCUT2D eigenvalue weighted by Crippen LogP contribution is 2.22. The lowest BCUT2D eigenvalue weighted by molar-refractivity contribution is 0.248. The van der Waals surface area contributed by atoms with Gasteiger partial charge in [-0.2, -0.15) is 0 Å². The van der Waals surface area contributed by atoms with Crippen LogP contribution in [0, 0.1) is 11.6 Å². The molecule has 1 fully saturated rings. The van der Waals surface area contributed by atoms with Crippen LogP contribution in [0.4, 0.5) is 8.78 Å². The van der Waals surface area contributed by atoms with Gasteiger partial charge >= 0.3 is 0 Å². The number of hydrogen-bond donors (Lipinski definition) is 0. The van der Waals surface area contributed by atoms with E-state index in [0.717, 1.165) is 26.2 Å². The number of nitrogens with zero attached hydrogens (tertiary/aromatic N) is 2. The highest BCUT2D eigenvalue weighted by molar-refractivity contribution is 9.10. The van der Waals surface area contributed by atoms with Gasteiger partial charge in [0.1, 0.15) is 11.6 Å². The molecule has 19 heavy (non-hydrogen) atoms. The van der Waals surface area contributed by atoms with Gasteiger partial charge in [0.2, 0.25) is 0 Å². The molecule has 2 nitrogen and oxygen atoms in total. The Kier molecular flexibility index (Phi) is 5.30. The zero-order valence-electron chi connectivity index (χ0n) is 11.1. The zero-order chi connectivity index (χ0) is 13.8. The summed E-state index contributed by atoms with van der Waals surface area (Å²) < 4.78 is 27.8. The van der Waals surface area contributed by atoms with Crippen LogP contribution in [0.1, 0.15) is 18.4 Å². The van der Waals surface area contributed by atoms with Gasteiger partial charge in [-0.05, 0) is 61.0 Å². The van der Waals surface area contributed by atoms with Gasteiger partial charge in [0, 0.05) is 25.2 Å². The summed E-state index contributed by atoms with van der Waals surface area (Å²) in [5, 5.41) is 0. The molecular formula is C14H19BrF2N2. The summed E-state index contributed by atoms with van der Waals surface area (Å²) in [6, 6.07) is 2.70. The minimum Gasteiger partial charge on any atom is -0.302 e. The first kappa shape index (κ1) is 14.9. The van der Waals surface area contributed by atoms with Crippen molar-refractivity contribution in [3.8, 4) is 0 Å². The van der Waals surface area contributed by atoms with Crippen LogP contribution in [0.3, 0.4) is 0 Å². The van der Waals surface area contributed by atoms with Gasteiger partial charge in [0.15, 0.2) is 0 Å². The summed E-state index contributed by atoms with van der Waals surface area (Å²) in [4.78, 5) is 4.36. The zero-order valence-corrected chi connectivity index (χ0v) is 12.7. The highest BCUT2D eigenvalue weighted by Gasteiger charge is 2.16. The second-order valence-corrected chi connectivity index (χ2v) is 5.96. The number of likely N-dealkylation sites (tertiary alicyclic amines) is 1. The third-order valence-electron chi connectivity index (χ3n) is 3.56. The standard InChI is InChI=1S/C14H19BrF2N2/c1-18(8-9-19-6-2-3-7-19)10-11-13(16)5-4-12(15)14(11)17/h4-5H,2-3,6-10H2,1H3. The van der Waals surface area contributed by atoms with E-state index in [1.165, 1.54) is 25.0 Å². The lowest BCUT2D eigenvalue weighted by Crippen LogP contribution is -2.31. The normalized spacial score (nSPS) is 16.5. The van der Waals surface area contributed by atoms with E-state index in [1.807, 2.05) is 11.9 Å². The topological polar surface area (TPSA) is 6.48 Å². The molecule has 1 aromatic carbocycles. The molecule has 0 aliphatic carbocycles. The minimum absolute atomic E-state index is 0.137. The first-order valence-corrected chi connectivity index (χ1v) is 7.40. The molecule has 1 heterocycles. The van der Waals surface area contributed by atoms with Crippen LogP contribution < -0.4 is 0 Å². The van der Waals surface area contributed by atoms with E-state index >= 15 is 0 Å². The molecule has 0 atom stereocenters. The monoisotopic (exact) mass is 332 g/mol. The van der Waals surface area contributed by atoms with E-state index in [-0.39, 0.29) is 5.56 Å². The Bertz CT molecular complexity index is 434. The fourth-order valence-electron chi connectivity index (χ4n) is 2.38. The maximum absolute atomic E-state index is 13.8. The molecule has 0 aromatic heterocycles. The van der Waals surface area contributed by atoms with Crippen molar-refractivity contribution >= 4 is 15.9 Å². The molecule has 1 aliphatic rings. The summed E-state index contributed by atoms with van der Waals surface area (Å²) in [7, 11) is 1.90. The van der Waals surface area contributed by atoms with Crippen molar-refractivity contribution in [1.82, 2.24) is 9.80 Å². The summed E-state index contributed by atoms with van der Waals surface area (Å²) in [5.41, 5.74) is 0.137. The van der Waals surface area contributed by atoms with E-state index in [4.69, 9.17) is 0 Å². The molecule has 1 aliphatic heterocycles. The lowest BCUT2D eigenvalue weighted by Gasteiger charge is -2.21. The summed E-state index contributed by atoms with van der Waals surface area (Å²) >= 11 is 3.09. The number of hydrogen-bond acceptors (Lipinski definition) is 2. The van der Waals surface area contributed by atoms with Gasteiger partial charge in [-0.15, -0.1) is 0 Å². The van der Waals surface area contributed by atoms with Gasteiger partial charge in [-0.25, -0.2) is 8.78 Å². The summed E-state index contributed by atoms with van der Waals surface area (Å²) in [6.07, 6.45) is 2.53. The quantitative estimate of drug-likeness (QED) is 0.763. The molecule has 1 aromatic rings. The van der Waals surface area contributed by atoms with Crippen molar-refractivity contribution in [2.75, 3.05) is 33.2 Å². The fourth-order valence-corrected chi connectivity index (χ4v) is 2.75. The van der Waals surface area contributed by atoms with Crippen molar-refractivity contribution in [2.24, 2.45) is 0 Å². The maximum Gasteiger partial charge on any atom is 0.144 e. The van der Waals surface area contributed by atoms with Crippen LogP contribution >= 0.6 is 15.9 Å². The van der Waals surface area contributed by atoms with Crippen molar-refractivity contribution in [2.45, 2.75) is 19.4 Å². The fraction of sp³-hybridized carbons (Fsp3) is 0.571. The highest BCUT2D eigenvalue weighted by atomic mass is 79.9. The van der Waals surface area contributed by atoms with Crippen molar-refractivity contribution in [3.63, 3.8) is 0 Å². The van der Waals surface area contributed by atoms with Gasteiger partial charge in [0.25, 0.3) is 0 Å². The average Bonchev–Trinajstić information content (AvgIpc) is 2.90. The Morgan fingerprint density at radius 1 is 1.26 bits per heavy atom. The Balaban J connectivity index is 1.91. The predicted octanol–water partition coefficient (Wildman–Crippen LogP) is 3.25. The van der Waals surface area contributed by atoms with Crippen molar-refractivity contribution in [1.29, 1.82) is 0 Å². The Morgan fingerprint density at radius 3 is 2.63 bits per heavy atom. The number of halogens is 3. The molecule has 0 saturated carbocycles. The number of rotatable bonds is 5. The molecule has 106 valence electrons. The molecule has 2 rings (SSSR count). The van der Waals surface area contributed by atoms with Gasteiger partial charge in [0.05, 0.1) is 4.47 Å². The molecule has 5 heteroatoms. The summed E-state index contributed by atoms with van der Waals surface area (Å²) in [6.45, 7) is 4.38. The lowest BCUT2D eigenvalue weighted by atomic mass is 10.2. The van der Waals surface area contributed by atoms with Gasteiger partial charge in [-0.3, -0.25) is 0 Å². The van der Waals surface area contributed by atoms with Crippen LogP contribution in [0.25, 0.3) is 0 Å². The minimum atomic E-state index is -0.493. The second kappa shape index (κ2) is 6.77. The molecule has 0 amide bonds. The second-order valence-electron chi connectivity index (χ2n) is 5.11. The summed E-state index contributed by atoms with van der Waals surface area (Å²) in [5.74, 6) is -0.971. The van der Waals surface area contributed by atoms with E-state index in [2.05, 4.69) is 20.8 Å². The molecule has 1 saturated heterocycles. The van der Waals surface area contributed by atoms with Crippen molar-refractivity contribution in [3.05, 3.63) is 33.8 Å². The van der Waals surface area contributed by atoms with Gasteiger partial charge in [-0.1, -0.05) is 0 Å². The Labute approximate surface area is 121 Å². The van der Waals surface area contributed by atoms with E-state index < -0.39 is 11.6 Å². The van der Waals surface area contributed by atoms with Crippen LogP contribution in [0.5, 0.6) is 0 Å². The first-order chi connectivity index (χ1) is 9.08. The van der Waals surface area contributed by atoms with Crippen LogP contribution in [0.15, 0.2) is 16.6 Å². The van der Waals surface area contributed by atoms with Gasteiger partial charge < -0.3 is 9.80 Å². The SMILES string of the molecule is CN(CCN1CCCC1)Cc1c(F)ccc(Br)c1F. The smallest absolute Gasteiger partial charge is 0.144 e. The molecule has 0 radical (unpaired) electrons. The average molecular weight is 333 g/mol. The predicted molar refractivity (Wildman–Crippen MR) is 76.1 cm³/mol. The van der Waals surface area contributed by atoms with Crippen LogP contribution in [0.2, 0.25) is 0 Å². The van der Waals surface area contributed by atoms with E-state index in [0.29, 0.717) is 11.0 Å². The maximum atomic E-state index is 13.8. The van der Waals surface area contributed by atoms with E-state index in [1.54, 1.807) is 0 Å². The van der Waals surface area contributed by atoms with Crippen LogP contribution in [-0.2, 0) is 6.54 Å². The Morgan fingerprint density at radius 2 is 1.95 bits per heavy atom. The van der Waals surface area contributed by atoms with Crippen molar-refractivity contribution < 1.29 is 8.78 Å². The third-order valence-corrected chi connectivity index (χ3v) is 4.18. The molecular weight excluding hydrogens is 314 g/mol. The van der Waals surface area contributed by atoms with Crippen LogP contribution in [-0.4, -0.2) is 43.0 Å². The molecule has 0 unspecified atom stereocenters. The van der Waals surface area contributed by atoms with E-state index in [9.17, 15) is 8.78 Å². The molecule has 0 N–H and O–H groups in total.